The van der Waals surface area contributed by atoms with Crippen molar-refractivity contribution in [3.8, 4) is 0 Å². The molecule has 0 aromatic heterocycles. The van der Waals surface area contributed by atoms with Gasteiger partial charge in [0.05, 0.1) is 6.61 Å². The monoisotopic (exact) mass is 296 g/mol. The van der Waals surface area contributed by atoms with Crippen LogP contribution in [0.4, 0.5) is 4.79 Å². The molecule has 1 heterocycles. The standard InChI is InChI=1S/C15H24N2O4/c1-3-4-9-21-12(18)10-17-13(19)15(16-14(17)20)7-5-11(2)6-8-15/h11H,3-10H2,1-2H3,(H,16,20). The molecule has 0 aromatic rings. The molecule has 2 aliphatic rings. The predicted octanol–water partition coefficient (Wildman–Crippen LogP) is 1.83. The van der Waals surface area contributed by atoms with E-state index in [-0.39, 0.29) is 12.5 Å². The predicted molar refractivity (Wildman–Crippen MR) is 76.5 cm³/mol. The minimum atomic E-state index is -0.784. The number of carbonyl (C=O) groups excluding carboxylic acids is 3. The smallest absolute Gasteiger partial charge is 0.326 e. The summed E-state index contributed by atoms with van der Waals surface area (Å²) in [5.41, 5.74) is -0.784. The van der Waals surface area contributed by atoms with Crippen LogP contribution in [0.5, 0.6) is 0 Å². The number of unbranched alkanes of at least 4 members (excludes halogenated alkanes) is 1. The molecule has 0 unspecified atom stereocenters. The van der Waals surface area contributed by atoms with Gasteiger partial charge in [0, 0.05) is 0 Å². The zero-order valence-electron chi connectivity index (χ0n) is 12.8. The Morgan fingerprint density at radius 1 is 1.38 bits per heavy atom. The van der Waals surface area contributed by atoms with Crippen LogP contribution in [-0.2, 0) is 14.3 Å². The van der Waals surface area contributed by atoms with Crippen LogP contribution < -0.4 is 5.32 Å². The van der Waals surface area contributed by atoms with Gasteiger partial charge in [-0.05, 0) is 38.0 Å². The molecule has 1 aliphatic heterocycles. The summed E-state index contributed by atoms with van der Waals surface area (Å²) < 4.78 is 5.02. The summed E-state index contributed by atoms with van der Waals surface area (Å²) in [7, 11) is 0. The van der Waals surface area contributed by atoms with Crippen molar-refractivity contribution in [3.05, 3.63) is 0 Å². The van der Waals surface area contributed by atoms with Crippen molar-refractivity contribution in [3.63, 3.8) is 0 Å². The first-order valence-corrected chi connectivity index (χ1v) is 7.78. The fourth-order valence-corrected chi connectivity index (χ4v) is 2.92. The van der Waals surface area contributed by atoms with E-state index in [0.717, 1.165) is 30.6 Å². The Morgan fingerprint density at radius 3 is 2.67 bits per heavy atom. The maximum atomic E-state index is 12.5. The molecular weight excluding hydrogens is 272 g/mol. The third-order valence-electron chi connectivity index (χ3n) is 4.42. The van der Waals surface area contributed by atoms with Gasteiger partial charge in [-0.2, -0.15) is 0 Å². The lowest BCUT2D eigenvalue weighted by Gasteiger charge is -2.33. The van der Waals surface area contributed by atoms with Gasteiger partial charge >= 0.3 is 12.0 Å². The lowest BCUT2D eigenvalue weighted by Crippen LogP contribution is -2.49. The second-order valence-corrected chi connectivity index (χ2v) is 6.16. The number of ether oxygens (including phenoxy) is 1. The molecule has 3 amide bonds. The molecular formula is C15H24N2O4. The number of rotatable bonds is 5. The Hall–Kier alpha value is -1.59. The van der Waals surface area contributed by atoms with Gasteiger partial charge in [-0.15, -0.1) is 0 Å². The number of nitrogens with one attached hydrogen (secondary N) is 1. The minimum absolute atomic E-state index is 0.271. The lowest BCUT2D eigenvalue weighted by molar-refractivity contribution is -0.148. The van der Waals surface area contributed by atoms with Crippen LogP contribution in [0.1, 0.15) is 52.4 Å². The largest absolute Gasteiger partial charge is 0.464 e. The second kappa shape index (κ2) is 6.45. The summed E-state index contributed by atoms with van der Waals surface area (Å²) in [5, 5.41) is 2.79. The summed E-state index contributed by atoms with van der Waals surface area (Å²) >= 11 is 0. The summed E-state index contributed by atoms with van der Waals surface area (Å²) in [5.74, 6) is -0.214. The van der Waals surface area contributed by atoms with Gasteiger partial charge in [0.2, 0.25) is 0 Å². The number of esters is 1. The number of carbonyl (C=O) groups is 3. The molecule has 2 rings (SSSR count). The molecule has 1 spiro atoms. The van der Waals surface area contributed by atoms with Crippen LogP contribution in [0.2, 0.25) is 0 Å². The maximum absolute atomic E-state index is 12.5. The van der Waals surface area contributed by atoms with Gasteiger partial charge in [0.1, 0.15) is 12.1 Å². The van der Waals surface area contributed by atoms with Gasteiger partial charge in [0.15, 0.2) is 0 Å². The van der Waals surface area contributed by atoms with Crippen molar-refractivity contribution in [2.24, 2.45) is 5.92 Å². The molecule has 21 heavy (non-hydrogen) atoms. The molecule has 118 valence electrons. The number of amides is 3. The third-order valence-corrected chi connectivity index (χ3v) is 4.42. The lowest BCUT2D eigenvalue weighted by atomic mass is 9.77. The first-order chi connectivity index (χ1) is 9.98. The molecule has 1 N–H and O–H groups in total. The zero-order chi connectivity index (χ0) is 15.5. The molecule has 0 radical (unpaired) electrons. The quantitative estimate of drug-likeness (QED) is 0.477. The SMILES string of the molecule is CCCCOC(=O)CN1C(=O)NC2(CCC(C)CC2)C1=O. The fraction of sp³-hybridized carbons (Fsp3) is 0.800. The number of imide groups is 1. The number of hydrogen-bond acceptors (Lipinski definition) is 4. The summed E-state index contributed by atoms with van der Waals surface area (Å²) in [6, 6.07) is -0.470. The van der Waals surface area contributed by atoms with E-state index < -0.39 is 17.5 Å². The Morgan fingerprint density at radius 2 is 2.05 bits per heavy atom. The van der Waals surface area contributed by atoms with E-state index in [4.69, 9.17) is 4.74 Å². The molecule has 1 aliphatic carbocycles. The highest BCUT2D eigenvalue weighted by atomic mass is 16.5. The molecule has 0 bridgehead atoms. The van der Waals surface area contributed by atoms with Crippen molar-refractivity contribution in [2.75, 3.05) is 13.2 Å². The van der Waals surface area contributed by atoms with Gasteiger partial charge in [-0.3, -0.25) is 14.5 Å². The van der Waals surface area contributed by atoms with E-state index in [1.54, 1.807) is 0 Å². The van der Waals surface area contributed by atoms with Crippen LogP contribution >= 0.6 is 0 Å². The van der Waals surface area contributed by atoms with E-state index >= 15 is 0 Å². The van der Waals surface area contributed by atoms with E-state index in [9.17, 15) is 14.4 Å². The van der Waals surface area contributed by atoms with E-state index in [0.29, 0.717) is 25.4 Å². The van der Waals surface area contributed by atoms with Gasteiger partial charge < -0.3 is 10.1 Å². The fourth-order valence-electron chi connectivity index (χ4n) is 2.92. The number of urea groups is 1. The normalized spacial score (nSPS) is 28.9. The average Bonchev–Trinajstić information content (AvgIpc) is 2.67. The Labute approximate surface area is 125 Å². The molecule has 1 saturated carbocycles. The highest BCUT2D eigenvalue weighted by molar-refractivity contribution is 6.08. The van der Waals surface area contributed by atoms with Crippen LogP contribution in [0.3, 0.4) is 0 Å². The van der Waals surface area contributed by atoms with Gasteiger partial charge in [0.25, 0.3) is 5.91 Å². The first-order valence-electron chi connectivity index (χ1n) is 7.78. The van der Waals surface area contributed by atoms with Gasteiger partial charge in [-0.1, -0.05) is 20.3 Å². The van der Waals surface area contributed by atoms with Crippen molar-refractivity contribution in [2.45, 2.75) is 57.9 Å². The molecule has 2 fully saturated rings. The van der Waals surface area contributed by atoms with Crippen LogP contribution in [0.15, 0.2) is 0 Å². The van der Waals surface area contributed by atoms with E-state index in [2.05, 4.69) is 12.2 Å². The van der Waals surface area contributed by atoms with E-state index in [1.165, 1.54) is 0 Å². The summed E-state index contributed by atoms with van der Waals surface area (Å²) in [4.78, 5) is 37.2. The summed E-state index contributed by atoms with van der Waals surface area (Å²) in [6.45, 7) is 4.20. The average molecular weight is 296 g/mol. The zero-order valence-corrected chi connectivity index (χ0v) is 12.8. The van der Waals surface area contributed by atoms with Crippen molar-refractivity contribution < 1.29 is 19.1 Å². The van der Waals surface area contributed by atoms with Gasteiger partial charge in [-0.25, -0.2) is 4.79 Å². The number of nitrogens with zero attached hydrogens (tertiary/aromatic N) is 1. The Kier molecular flexibility index (Phi) is 4.85. The van der Waals surface area contributed by atoms with Crippen LogP contribution in [0, 0.1) is 5.92 Å². The molecule has 6 nitrogen and oxygen atoms in total. The molecule has 0 aromatic carbocycles. The highest BCUT2D eigenvalue weighted by Gasteiger charge is 2.52. The van der Waals surface area contributed by atoms with Crippen molar-refractivity contribution in [1.29, 1.82) is 0 Å². The molecule has 1 saturated heterocycles. The Balaban J connectivity index is 1.94. The first kappa shape index (κ1) is 15.8. The second-order valence-electron chi connectivity index (χ2n) is 6.16. The van der Waals surface area contributed by atoms with Crippen molar-refractivity contribution >= 4 is 17.9 Å². The van der Waals surface area contributed by atoms with Crippen LogP contribution in [-0.4, -0.2) is 41.5 Å². The minimum Gasteiger partial charge on any atom is -0.464 e. The number of hydrogen-bond donors (Lipinski definition) is 1. The summed E-state index contributed by atoms with van der Waals surface area (Å²) in [6.07, 6.45) is 4.85. The molecule has 6 heteroatoms. The molecule has 0 atom stereocenters. The highest BCUT2D eigenvalue weighted by Crippen LogP contribution is 2.36. The van der Waals surface area contributed by atoms with Crippen molar-refractivity contribution in [1.82, 2.24) is 10.2 Å². The van der Waals surface area contributed by atoms with Crippen LogP contribution in [0.25, 0.3) is 0 Å². The third kappa shape index (κ3) is 3.36. The Bertz CT molecular complexity index is 427. The maximum Gasteiger partial charge on any atom is 0.326 e. The van der Waals surface area contributed by atoms with E-state index in [1.807, 2.05) is 6.92 Å². The topological polar surface area (TPSA) is 75.7 Å².